The van der Waals surface area contributed by atoms with Gasteiger partial charge in [-0.3, -0.25) is 8.98 Å². The maximum absolute atomic E-state index is 13.4. The molecule has 0 radical (unpaired) electrons. The van der Waals surface area contributed by atoms with E-state index in [1.54, 1.807) is 60.7 Å². The molecule has 0 aliphatic rings. The van der Waals surface area contributed by atoms with Crippen molar-refractivity contribution in [3.8, 4) is 5.75 Å². The van der Waals surface area contributed by atoms with Gasteiger partial charge in [-0.25, -0.2) is 9.48 Å². The van der Waals surface area contributed by atoms with Crippen LogP contribution in [0.5, 0.6) is 5.75 Å². The highest BCUT2D eigenvalue weighted by Crippen LogP contribution is 2.38. The van der Waals surface area contributed by atoms with Crippen molar-refractivity contribution in [2.24, 2.45) is 0 Å². The van der Waals surface area contributed by atoms with E-state index >= 15 is 0 Å². The fourth-order valence-electron chi connectivity index (χ4n) is 4.71. The second-order valence-electron chi connectivity index (χ2n) is 12.1. The topological polar surface area (TPSA) is 123 Å². The van der Waals surface area contributed by atoms with Gasteiger partial charge >= 0.3 is 5.97 Å². The van der Waals surface area contributed by atoms with Gasteiger partial charge in [0.15, 0.2) is 5.75 Å². The first-order valence-corrected chi connectivity index (χ1v) is 20.4. The first-order valence-electron chi connectivity index (χ1n) is 14.9. The summed E-state index contributed by atoms with van der Waals surface area (Å²) in [6.07, 6.45) is 2.31. The number of ether oxygens (including phenoxy) is 3. The number of carbonyl (C=O) groups is 1. The molecule has 0 aliphatic carbocycles. The second kappa shape index (κ2) is 15.5. The van der Waals surface area contributed by atoms with Crippen LogP contribution in [0.3, 0.4) is 0 Å². The van der Waals surface area contributed by atoms with Gasteiger partial charge in [-0.2, -0.15) is 13.5 Å². The van der Waals surface area contributed by atoms with Crippen LogP contribution < -0.4 is 10.2 Å². The van der Waals surface area contributed by atoms with Crippen LogP contribution in [0.15, 0.2) is 102 Å². The Hall–Kier alpha value is -4.10. The first-order chi connectivity index (χ1) is 21.9. The molecule has 4 aromatic rings. The third-order valence-corrected chi connectivity index (χ3v) is 9.34. The summed E-state index contributed by atoms with van der Waals surface area (Å²) < 4.78 is 49.4. The van der Waals surface area contributed by atoms with Gasteiger partial charge in [0.25, 0.3) is 15.5 Å². The zero-order valence-electron chi connectivity index (χ0n) is 26.5. The molecule has 0 unspecified atom stereocenters. The molecule has 10 nitrogen and oxygen atoms in total. The fourth-order valence-corrected chi connectivity index (χ4v) is 6.26. The van der Waals surface area contributed by atoms with Crippen molar-refractivity contribution in [1.82, 2.24) is 9.78 Å². The van der Waals surface area contributed by atoms with Crippen molar-refractivity contribution in [2.75, 3.05) is 19.5 Å². The third kappa shape index (κ3) is 9.95. The minimum Gasteiger partial charge on any atom is -0.483 e. The summed E-state index contributed by atoms with van der Waals surface area (Å²) in [5.74, 6) is -1.07. The Morgan fingerprint density at radius 1 is 0.870 bits per heavy atom. The van der Waals surface area contributed by atoms with Gasteiger partial charge in [0.2, 0.25) is 5.69 Å². The predicted molar refractivity (Wildman–Crippen MR) is 178 cm³/mol. The number of benzene rings is 3. The molecule has 4 rings (SSSR count). The van der Waals surface area contributed by atoms with Crippen molar-refractivity contribution in [3.63, 3.8) is 0 Å². The van der Waals surface area contributed by atoms with Gasteiger partial charge in [-0.1, -0.05) is 111 Å². The highest BCUT2D eigenvalue weighted by atomic mass is 32.2. The number of aromatic nitrogens is 2. The minimum absolute atomic E-state index is 0.0000615. The van der Waals surface area contributed by atoms with Crippen LogP contribution in [0.25, 0.3) is 0 Å². The third-order valence-electron chi connectivity index (χ3n) is 7.05. The van der Waals surface area contributed by atoms with E-state index in [0.29, 0.717) is 17.7 Å². The minimum atomic E-state index is -3.98. The van der Waals surface area contributed by atoms with Gasteiger partial charge in [0.1, 0.15) is 18.9 Å². The average molecular weight is 665 g/mol. The molecule has 3 aromatic carbocycles. The Labute approximate surface area is 271 Å². The van der Waals surface area contributed by atoms with Crippen molar-refractivity contribution in [2.45, 2.75) is 51.0 Å². The molecule has 46 heavy (non-hydrogen) atoms. The molecule has 0 amide bonds. The van der Waals surface area contributed by atoms with Crippen molar-refractivity contribution in [3.05, 3.63) is 130 Å². The van der Waals surface area contributed by atoms with E-state index in [4.69, 9.17) is 18.4 Å². The quantitative estimate of drug-likeness (QED) is 0.0652. The molecule has 0 bridgehead atoms. The molecule has 0 spiro atoms. The van der Waals surface area contributed by atoms with E-state index < -0.39 is 40.9 Å². The van der Waals surface area contributed by atoms with Crippen LogP contribution in [0.1, 0.15) is 33.6 Å². The summed E-state index contributed by atoms with van der Waals surface area (Å²) in [6, 6.07) is 27.9. The van der Waals surface area contributed by atoms with Gasteiger partial charge in [-0.05, 0) is 22.7 Å². The van der Waals surface area contributed by atoms with Gasteiger partial charge in [-0.15, -0.1) is 0 Å². The van der Waals surface area contributed by atoms with Gasteiger partial charge in [0.05, 0.1) is 19.1 Å². The standard InChI is InChI=1S/C34H40N2O8SSi/c1-45(39,40)44-34(28-16-10-6-11-17-28,29-18-12-7-13-19-29)20-21-42-33(38)31-32(37)30(43-25-27-14-8-5-9-15-27)24-36(35-31)26-41-22-23-46(2,3)4/h5-19,24H,20-23,25-26H2,1-4H3. The van der Waals surface area contributed by atoms with E-state index in [0.717, 1.165) is 17.9 Å². The molecule has 0 saturated heterocycles. The lowest BCUT2D eigenvalue weighted by atomic mass is 9.84. The molecule has 0 saturated carbocycles. The van der Waals surface area contributed by atoms with Gasteiger partial charge < -0.3 is 14.2 Å². The summed E-state index contributed by atoms with van der Waals surface area (Å²) in [5, 5.41) is 4.22. The Morgan fingerprint density at radius 3 is 1.98 bits per heavy atom. The molecule has 244 valence electrons. The number of carbonyl (C=O) groups excluding carboxylic acids is 1. The molecule has 12 heteroatoms. The molecule has 1 aromatic heterocycles. The molecular formula is C34H40N2O8SSi. The van der Waals surface area contributed by atoms with Crippen molar-refractivity contribution in [1.29, 1.82) is 0 Å². The highest BCUT2D eigenvalue weighted by molar-refractivity contribution is 7.86. The zero-order valence-corrected chi connectivity index (χ0v) is 28.4. The number of hydrogen-bond donors (Lipinski definition) is 0. The number of nitrogens with zero attached hydrogens (tertiary/aromatic N) is 2. The van der Waals surface area contributed by atoms with E-state index in [2.05, 4.69) is 24.7 Å². The normalized spacial score (nSPS) is 12.1. The highest BCUT2D eigenvalue weighted by Gasteiger charge is 2.39. The second-order valence-corrected chi connectivity index (χ2v) is 19.3. The van der Waals surface area contributed by atoms with Crippen LogP contribution in [0, 0.1) is 0 Å². The average Bonchev–Trinajstić information content (AvgIpc) is 3.02. The summed E-state index contributed by atoms with van der Waals surface area (Å²) in [4.78, 5) is 26.8. The molecule has 0 aliphatic heterocycles. The maximum atomic E-state index is 13.4. The lowest BCUT2D eigenvalue weighted by molar-refractivity contribution is 0.0332. The summed E-state index contributed by atoms with van der Waals surface area (Å²) in [6.45, 7) is 7.03. The van der Waals surface area contributed by atoms with Crippen molar-refractivity contribution < 1.29 is 31.6 Å². The SMILES string of the molecule is C[Si](C)(C)CCOCn1cc(OCc2ccccc2)c(=O)c(C(=O)OCCC(OS(C)(=O)=O)(c2ccccc2)c2ccccc2)n1. The molecule has 0 atom stereocenters. The monoisotopic (exact) mass is 664 g/mol. The largest absolute Gasteiger partial charge is 0.483 e. The van der Waals surface area contributed by atoms with Crippen LogP contribution in [0.4, 0.5) is 0 Å². The smallest absolute Gasteiger partial charge is 0.363 e. The Balaban J connectivity index is 1.60. The molecular weight excluding hydrogens is 625 g/mol. The Bertz CT molecular complexity index is 1700. The summed E-state index contributed by atoms with van der Waals surface area (Å²) in [5.41, 5.74) is -0.776. The van der Waals surface area contributed by atoms with E-state index in [1.165, 1.54) is 10.9 Å². The zero-order chi connectivity index (χ0) is 33.2. The van der Waals surface area contributed by atoms with Gasteiger partial charge in [0, 0.05) is 21.1 Å². The first kappa shape index (κ1) is 34.8. The van der Waals surface area contributed by atoms with E-state index in [1.807, 2.05) is 30.3 Å². The van der Waals surface area contributed by atoms with Crippen LogP contribution in [-0.2, 0) is 42.7 Å². The summed E-state index contributed by atoms with van der Waals surface area (Å²) >= 11 is 0. The van der Waals surface area contributed by atoms with E-state index in [-0.39, 0.29) is 32.1 Å². The Kier molecular flexibility index (Phi) is 11.7. The van der Waals surface area contributed by atoms with Crippen LogP contribution in [0.2, 0.25) is 25.7 Å². The van der Waals surface area contributed by atoms with Crippen LogP contribution >= 0.6 is 0 Å². The van der Waals surface area contributed by atoms with Crippen molar-refractivity contribution >= 4 is 24.2 Å². The Morgan fingerprint density at radius 2 is 1.43 bits per heavy atom. The molecule has 1 heterocycles. The number of rotatable bonds is 16. The number of esters is 1. The van der Waals surface area contributed by atoms with E-state index in [9.17, 15) is 18.0 Å². The maximum Gasteiger partial charge on any atom is 0.363 e. The fraction of sp³-hybridized carbons (Fsp3) is 0.324. The lowest BCUT2D eigenvalue weighted by Gasteiger charge is -2.33. The summed E-state index contributed by atoms with van der Waals surface area (Å²) in [7, 11) is -5.32. The van der Waals surface area contributed by atoms with Crippen LogP contribution in [-0.4, -0.2) is 51.7 Å². The molecule has 0 N–H and O–H groups in total. The molecule has 0 fully saturated rings. The lowest BCUT2D eigenvalue weighted by Crippen LogP contribution is -2.35. The predicted octanol–water partition coefficient (Wildman–Crippen LogP) is 5.60. The number of hydrogen-bond acceptors (Lipinski definition) is 9.